The summed E-state index contributed by atoms with van der Waals surface area (Å²) >= 11 is 5.67. The number of hydrogen-bond acceptors (Lipinski definition) is 5. The molecule has 0 N–H and O–H groups in total. The van der Waals surface area contributed by atoms with Crippen molar-refractivity contribution in [2.45, 2.75) is 0 Å². The van der Waals surface area contributed by atoms with E-state index < -0.39 is 51.7 Å². The molecule has 124 valence electrons. The fourth-order valence-electron chi connectivity index (χ4n) is 1.83. The molecule has 0 fully saturated rings. The van der Waals surface area contributed by atoms with Crippen LogP contribution in [-0.2, 0) is 4.74 Å². The Morgan fingerprint density at radius 1 is 1.12 bits per heavy atom. The first-order valence-corrected chi connectivity index (χ1v) is 6.76. The number of rotatable bonds is 5. The molecular weight excluding hydrogens is 348 g/mol. The highest BCUT2D eigenvalue weighted by atomic mass is 35.5. The summed E-state index contributed by atoms with van der Waals surface area (Å²) in [6, 6.07) is 5.47. The van der Waals surface area contributed by atoms with Gasteiger partial charge in [-0.05, 0) is 30.3 Å². The lowest BCUT2D eigenvalue weighted by molar-refractivity contribution is -0.385. The molecule has 2 rings (SSSR count). The number of nitro groups is 1. The Labute approximate surface area is 138 Å². The van der Waals surface area contributed by atoms with Gasteiger partial charge in [0.15, 0.2) is 6.61 Å². The quantitative estimate of drug-likeness (QED) is 0.354. The SMILES string of the molecule is O=C(COC(=O)c1cc(Cl)ccc1[N+](=O)[O-])c1cc(F)ccc1F. The number of nitro benzene ring substituents is 1. The maximum absolute atomic E-state index is 13.5. The molecule has 0 spiro atoms. The Balaban J connectivity index is 2.16. The van der Waals surface area contributed by atoms with Crippen LogP contribution < -0.4 is 0 Å². The van der Waals surface area contributed by atoms with Crippen molar-refractivity contribution in [3.8, 4) is 0 Å². The molecule has 0 aliphatic rings. The molecule has 0 unspecified atom stereocenters. The molecule has 0 radical (unpaired) electrons. The fraction of sp³-hybridized carbons (Fsp3) is 0.0667. The van der Waals surface area contributed by atoms with Gasteiger partial charge in [-0.15, -0.1) is 0 Å². The van der Waals surface area contributed by atoms with Crippen molar-refractivity contribution >= 4 is 29.0 Å². The molecule has 0 atom stereocenters. The summed E-state index contributed by atoms with van der Waals surface area (Å²) in [4.78, 5) is 33.8. The number of hydrogen-bond donors (Lipinski definition) is 0. The maximum atomic E-state index is 13.5. The standard InChI is InChI=1S/C15H8ClF2NO5/c16-8-1-4-13(19(22)23)11(5-8)15(21)24-7-14(20)10-6-9(17)2-3-12(10)18/h1-6H,7H2. The number of Topliss-reactive ketones (excluding diaryl/α,β-unsaturated/α-hetero) is 1. The van der Waals surface area contributed by atoms with Crippen LogP contribution in [0.2, 0.25) is 5.02 Å². The summed E-state index contributed by atoms with van der Waals surface area (Å²) in [6.07, 6.45) is 0. The highest BCUT2D eigenvalue weighted by molar-refractivity contribution is 6.31. The average molecular weight is 356 g/mol. The molecule has 0 saturated carbocycles. The second kappa shape index (κ2) is 7.14. The van der Waals surface area contributed by atoms with Crippen molar-refractivity contribution in [3.05, 3.63) is 74.3 Å². The van der Waals surface area contributed by atoms with Crippen LogP contribution in [0.15, 0.2) is 36.4 Å². The van der Waals surface area contributed by atoms with Crippen LogP contribution in [0.1, 0.15) is 20.7 Å². The van der Waals surface area contributed by atoms with Crippen molar-refractivity contribution in [1.82, 2.24) is 0 Å². The molecule has 6 nitrogen and oxygen atoms in total. The summed E-state index contributed by atoms with van der Waals surface area (Å²) < 4.78 is 31.1. The zero-order valence-electron chi connectivity index (χ0n) is 11.8. The lowest BCUT2D eigenvalue weighted by atomic mass is 10.1. The number of carbonyl (C=O) groups excluding carboxylic acids is 2. The zero-order chi connectivity index (χ0) is 17.9. The van der Waals surface area contributed by atoms with Crippen LogP contribution in [0.5, 0.6) is 0 Å². The molecular formula is C15H8ClF2NO5. The van der Waals surface area contributed by atoms with Crippen molar-refractivity contribution in [2.24, 2.45) is 0 Å². The minimum absolute atomic E-state index is 0.0510. The third-order valence-electron chi connectivity index (χ3n) is 2.94. The molecule has 2 aromatic rings. The molecule has 9 heteroatoms. The highest BCUT2D eigenvalue weighted by Gasteiger charge is 2.23. The van der Waals surface area contributed by atoms with Crippen LogP contribution in [0, 0.1) is 21.7 Å². The van der Waals surface area contributed by atoms with E-state index in [1.165, 1.54) is 6.07 Å². The van der Waals surface area contributed by atoms with E-state index in [9.17, 15) is 28.5 Å². The summed E-state index contributed by atoms with van der Waals surface area (Å²) in [5, 5.41) is 10.9. The van der Waals surface area contributed by atoms with Gasteiger partial charge in [0.05, 0.1) is 10.5 Å². The molecule has 0 bridgehead atoms. The van der Waals surface area contributed by atoms with Crippen molar-refractivity contribution < 1.29 is 28.0 Å². The van der Waals surface area contributed by atoms with Crippen molar-refractivity contribution in [2.75, 3.05) is 6.61 Å². The Morgan fingerprint density at radius 2 is 1.83 bits per heavy atom. The molecule has 0 heterocycles. The van der Waals surface area contributed by atoms with E-state index in [1.807, 2.05) is 0 Å². The van der Waals surface area contributed by atoms with Gasteiger partial charge < -0.3 is 4.74 Å². The molecule has 0 saturated heterocycles. The number of carbonyl (C=O) groups is 2. The number of ether oxygens (including phenoxy) is 1. The predicted molar refractivity (Wildman–Crippen MR) is 79.1 cm³/mol. The summed E-state index contributed by atoms with van der Waals surface area (Å²) in [5.41, 5.74) is -1.61. The summed E-state index contributed by atoms with van der Waals surface area (Å²) in [5.74, 6) is -4.00. The van der Waals surface area contributed by atoms with Crippen LogP contribution in [0.3, 0.4) is 0 Å². The van der Waals surface area contributed by atoms with Crippen LogP contribution in [0.4, 0.5) is 14.5 Å². The summed E-state index contributed by atoms with van der Waals surface area (Å²) in [7, 11) is 0. The number of halogens is 3. The molecule has 0 aliphatic carbocycles. The monoisotopic (exact) mass is 355 g/mol. The minimum Gasteiger partial charge on any atom is -0.454 e. The number of nitrogens with zero attached hydrogens (tertiary/aromatic N) is 1. The van der Waals surface area contributed by atoms with Gasteiger partial charge in [-0.25, -0.2) is 13.6 Å². The second-order valence-electron chi connectivity index (χ2n) is 4.54. The van der Waals surface area contributed by atoms with Crippen LogP contribution >= 0.6 is 11.6 Å². The van der Waals surface area contributed by atoms with Gasteiger partial charge in [-0.3, -0.25) is 14.9 Å². The molecule has 0 amide bonds. The van der Waals surface area contributed by atoms with Gasteiger partial charge in [0.25, 0.3) is 5.69 Å². The van der Waals surface area contributed by atoms with Gasteiger partial charge >= 0.3 is 5.97 Å². The number of ketones is 1. The van der Waals surface area contributed by atoms with E-state index in [0.29, 0.717) is 6.07 Å². The van der Waals surface area contributed by atoms with Gasteiger partial charge in [0, 0.05) is 11.1 Å². The first kappa shape index (κ1) is 17.5. The predicted octanol–water partition coefficient (Wildman–Crippen LogP) is 3.57. The normalized spacial score (nSPS) is 10.3. The lowest BCUT2D eigenvalue weighted by Crippen LogP contribution is -2.16. The first-order chi connectivity index (χ1) is 11.3. The Bertz CT molecular complexity index is 841. The molecule has 24 heavy (non-hydrogen) atoms. The van der Waals surface area contributed by atoms with E-state index >= 15 is 0 Å². The van der Waals surface area contributed by atoms with E-state index in [4.69, 9.17) is 11.6 Å². The van der Waals surface area contributed by atoms with Crippen LogP contribution in [-0.4, -0.2) is 23.3 Å². The topological polar surface area (TPSA) is 86.5 Å². The van der Waals surface area contributed by atoms with Gasteiger partial charge in [0.2, 0.25) is 5.78 Å². The third kappa shape index (κ3) is 3.90. The zero-order valence-corrected chi connectivity index (χ0v) is 12.5. The van der Waals surface area contributed by atoms with Gasteiger partial charge in [-0.1, -0.05) is 11.6 Å². The first-order valence-electron chi connectivity index (χ1n) is 6.39. The molecule has 2 aromatic carbocycles. The minimum atomic E-state index is -1.19. The Kier molecular flexibility index (Phi) is 5.20. The van der Waals surface area contributed by atoms with Crippen molar-refractivity contribution in [3.63, 3.8) is 0 Å². The second-order valence-corrected chi connectivity index (χ2v) is 4.98. The van der Waals surface area contributed by atoms with E-state index in [2.05, 4.69) is 4.74 Å². The van der Waals surface area contributed by atoms with Gasteiger partial charge in [-0.2, -0.15) is 0 Å². The number of esters is 1. The molecule has 0 aliphatic heterocycles. The molecule has 0 aromatic heterocycles. The summed E-state index contributed by atoms with van der Waals surface area (Å²) in [6.45, 7) is -0.914. The fourth-order valence-corrected chi connectivity index (χ4v) is 2.00. The Morgan fingerprint density at radius 3 is 2.50 bits per heavy atom. The van der Waals surface area contributed by atoms with E-state index in [0.717, 1.165) is 24.3 Å². The van der Waals surface area contributed by atoms with Crippen LogP contribution in [0.25, 0.3) is 0 Å². The van der Waals surface area contributed by atoms with E-state index in [-0.39, 0.29) is 5.02 Å². The lowest BCUT2D eigenvalue weighted by Gasteiger charge is -2.06. The van der Waals surface area contributed by atoms with Crippen molar-refractivity contribution in [1.29, 1.82) is 0 Å². The smallest absolute Gasteiger partial charge is 0.345 e. The van der Waals surface area contributed by atoms with Gasteiger partial charge in [0.1, 0.15) is 17.2 Å². The average Bonchev–Trinajstić information content (AvgIpc) is 2.54. The number of benzene rings is 2. The largest absolute Gasteiger partial charge is 0.454 e. The Hall–Kier alpha value is -2.87. The highest BCUT2D eigenvalue weighted by Crippen LogP contribution is 2.23. The van der Waals surface area contributed by atoms with E-state index in [1.54, 1.807) is 0 Å². The third-order valence-corrected chi connectivity index (χ3v) is 3.17. The maximum Gasteiger partial charge on any atom is 0.345 e.